The number of ether oxygens (including phenoxy) is 1. The van der Waals surface area contributed by atoms with Crippen LogP contribution in [0.2, 0.25) is 0 Å². The molecule has 1 heterocycles. The number of benzene rings is 1. The Morgan fingerprint density at radius 3 is 2.38 bits per heavy atom. The molecule has 1 atom stereocenters. The monoisotopic (exact) mass is 442 g/mol. The maximum absolute atomic E-state index is 12.9. The highest BCUT2D eigenvalue weighted by molar-refractivity contribution is 7.98. The van der Waals surface area contributed by atoms with Gasteiger partial charge in [0.25, 0.3) is 0 Å². The van der Waals surface area contributed by atoms with Crippen molar-refractivity contribution in [3.05, 3.63) is 29.8 Å². The first-order valence-electron chi connectivity index (χ1n) is 9.77. The number of carbonyl (C=O) groups excluding carboxylic acids is 2. The van der Waals surface area contributed by atoms with E-state index < -0.39 is 16.1 Å². The smallest absolute Gasteiger partial charge is 0.240 e. The van der Waals surface area contributed by atoms with E-state index in [0.29, 0.717) is 49.4 Å². The molecule has 1 aromatic rings. The van der Waals surface area contributed by atoms with E-state index in [1.807, 2.05) is 6.26 Å². The van der Waals surface area contributed by atoms with Crippen LogP contribution in [0.15, 0.2) is 24.3 Å². The Balaban J connectivity index is 1.97. The third-order valence-corrected chi connectivity index (χ3v) is 7.21. The van der Waals surface area contributed by atoms with Crippen LogP contribution in [-0.2, 0) is 14.8 Å². The van der Waals surface area contributed by atoms with E-state index in [2.05, 4.69) is 4.72 Å². The number of hydrogen-bond donors (Lipinski definition) is 1. The SMILES string of the molecule is CCS(=O)(=O)NC(CCSC)C(=O)N1CCC(C(=O)c2ccc(OC)cc2)CC1. The number of carbonyl (C=O) groups is 2. The molecule has 1 aliphatic rings. The molecule has 1 fully saturated rings. The summed E-state index contributed by atoms with van der Waals surface area (Å²) in [5, 5.41) is 0. The Bertz CT molecular complexity index is 788. The van der Waals surface area contributed by atoms with Crippen molar-refractivity contribution in [2.45, 2.75) is 32.2 Å². The van der Waals surface area contributed by atoms with Gasteiger partial charge in [0, 0.05) is 24.6 Å². The maximum atomic E-state index is 12.9. The normalized spacial score (nSPS) is 16.4. The number of methoxy groups -OCH3 is 1. The average Bonchev–Trinajstić information content (AvgIpc) is 2.75. The summed E-state index contributed by atoms with van der Waals surface area (Å²) in [5.74, 6) is 1.07. The van der Waals surface area contributed by atoms with Gasteiger partial charge in [-0.1, -0.05) is 0 Å². The number of rotatable bonds is 10. The van der Waals surface area contributed by atoms with E-state index in [4.69, 9.17) is 4.74 Å². The van der Waals surface area contributed by atoms with Crippen LogP contribution >= 0.6 is 11.8 Å². The van der Waals surface area contributed by atoms with Crippen molar-refractivity contribution in [2.24, 2.45) is 5.92 Å². The summed E-state index contributed by atoms with van der Waals surface area (Å²) in [6.07, 6.45) is 3.52. The second kappa shape index (κ2) is 11.0. The zero-order valence-corrected chi connectivity index (χ0v) is 18.9. The number of piperidine rings is 1. The number of Topliss-reactive ketones (excluding diaryl/α,β-unsaturated/α-hetero) is 1. The summed E-state index contributed by atoms with van der Waals surface area (Å²) >= 11 is 1.57. The molecule has 0 saturated carbocycles. The largest absolute Gasteiger partial charge is 0.497 e. The van der Waals surface area contributed by atoms with Gasteiger partial charge in [-0.05, 0) is 62.5 Å². The molecule has 0 aromatic heterocycles. The fourth-order valence-electron chi connectivity index (χ4n) is 3.34. The highest BCUT2D eigenvalue weighted by Gasteiger charge is 2.32. The van der Waals surface area contributed by atoms with Gasteiger partial charge < -0.3 is 9.64 Å². The summed E-state index contributed by atoms with van der Waals surface area (Å²) < 4.78 is 31.6. The molecule has 9 heteroatoms. The second-order valence-corrected chi connectivity index (χ2v) is 10.1. The number of thioether (sulfide) groups is 1. The maximum Gasteiger partial charge on any atom is 0.240 e. The van der Waals surface area contributed by atoms with Crippen LogP contribution in [0.3, 0.4) is 0 Å². The van der Waals surface area contributed by atoms with Crippen LogP contribution in [-0.4, -0.2) is 69.0 Å². The van der Waals surface area contributed by atoms with E-state index in [1.54, 1.807) is 55.0 Å². The predicted molar refractivity (Wildman–Crippen MR) is 116 cm³/mol. The van der Waals surface area contributed by atoms with Crippen LogP contribution in [0.1, 0.15) is 36.5 Å². The Hall–Kier alpha value is -1.58. The van der Waals surface area contributed by atoms with Gasteiger partial charge >= 0.3 is 0 Å². The van der Waals surface area contributed by atoms with E-state index in [1.165, 1.54) is 0 Å². The molecule has 1 unspecified atom stereocenters. The van der Waals surface area contributed by atoms with Crippen molar-refractivity contribution < 1.29 is 22.7 Å². The molecule has 1 saturated heterocycles. The Kier molecular flexibility index (Phi) is 8.98. The molecule has 1 aromatic carbocycles. The van der Waals surface area contributed by atoms with Crippen LogP contribution < -0.4 is 9.46 Å². The number of nitrogens with one attached hydrogen (secondary N) is 1. The van der Waals surface area contributed by atoms with Gasteiger partial charge in [-0.25, -0.2) is 13.1 Å². The highest BCUT2D eigenvalue weighted by atomic mass is 32.2. The average molecular weight is 443 g/mol. The topological polar surface area (TPSA) is 92.8 Å². The Morgan fingerprint density at radius 1 is 1.24 bits per heavy atom. The number of hydrogen-bond acceptors (Lipinski definition) is 6. The molecule has 1 N–H and O–H groups in total. The van der Waals surface area contributed by atoms with E-state index in [-0.39, 0.29) is 23.4 Å². The van der Waals surface area contributed by atoms with Gasteiger partial charge in [-0.2, -0.15) is 11.8 Å². The van der Waals surface area contributed by atoms with Crippen molar-refractivity contribution in [1.82, 2.24) is 9.62 Å². The quantitative estimate of drug-likeness (QED) is 0.559. The molecule has 162 valence electrons. The molecular weight excluding hydrogens is 412 g/mol. The van der Waals surface area contributed by atoms with Crippen LogP contribution in [0.4, 0.5) is 0 Å². The number of likely N-dealkylation sites (tertiary alicyclic amines) is 1. The molecule has 7 nitrogen and oxygen atoms in total. The number of ketones is 1. The summed E-state index contributed by atoms with van der Waals surface area (Å²) in [7, 11) is -1.89. The molecule has 0 radical (unpaired) electrons. The fourth-order valence-corrected chi connectivity index (χ4v) is 4.63. The molecule has 1 aliphatic heterocycles. The van der Waals surface area contributed by atoms with Crippen molar-refractivity contribution in [2.75, 3.05) is 38.0 Å². The van der Waals surface area contributed by atoms with E-state index in [0.717, 1.165) is 0 Å². The molecule has 0 bridgehead atoms. The summed E-state index contributed by atoms with van der Waals surface area (Å²) in [5.41, 5.74) is 0.643. The molecule has 2 rings (SSSR count). The first kappa shape index (κ1) is 23.7. The first-order chi connectivity index (χ1) is 13.8. The fraction of sp³-hybridized carbons (Fsp3) is 0.600. The molecular formula is C20H30N2O5S2. The van der Waals surface area contributed by atoms with Crippen LogP contribution in [0, 0.1) is 5.92 Å². The second-order valence-electron chi connectivity index (χ2n) is 7.05. The van der Waals surface area contributed by atoms with Crippen LogP contribution in [0.5, 0.6) is 5.75 Å². The van der Waals surface area contributed by atoms with Gasteiger partial charge in [-0.3, -0.25) is 9.59 Å². The zero-order valence-electron chi connectivity index (χ0n) is 17.2. The van der Waals surface area contributed by atoms with E-state index >= 15 is 0 Å². The van der Waals surface area contributed by atoms with Gasteiger partial charge in [0.2, 0.25) is 15.9 Å². The molecule has 29 heavy (non-hydrogen) atoms. The lowest BCUT2D eigenvalue weighted by molar-refractivity contribution is -0.134. The zero-order chi connectivity index (χ0) is 21.4. The Morgan fingerprint density at radius 2 is 1.86 bits per heavy atom. The number of nitrogens with zero attached hydrogens (tertiary/aromatic N) is 1. The van der Waals surface area contributed by atoms with Crippen molar-refractivity contribution in [1.29, 1.82) is 0 Å². The van der Waals surface area contributed by atoms with Crippen molar-refractivity contribution in [3.63, 3.8) is 0 Å². The predicted octanol–water partition coefficient (Wildman–Crippen LogP) is 2.18. The third kappa shape index (κ3) is 6.72. The molecule has 0 spiro atoms. The lowest BCUT2D eigenvalue weighted by Gasteiger charge is -2.34. The minimum atomic E-state index is -3.47. The van der Waals surface area contributed by atoms with Gasteiger partial charge in [-0.15, -0.1) is 0 Å². The standard InChI is InChI=1S/C20H30N2O5S2/c1-4-29(25,26)21-18(11-14-28-3)20(24)22-12-9-16(10-13-22)19(23)15-5-7-17(27-2)8-6-15/h5-8,16,18,21H,4,9-14H2,1-3H3. The van der Waals surface area contributed by atoms with Crippen LogP contribution in [0.25, 0.3) is 0 Å². The number of amides is 1. The molecule has 1 amide bonds. The molecule has 0 aliphatic carbocycles. The minimum absolute atomic E-state index is 0.0610. The highest BCUT2D eigenvalue weighted by Crippen LogP contribution is 2.24. The summed E-state index contributed by atoms with van der Waals surface area (Å²) in [6, 6.07) is 6.30. The van der Waals surface area contributed by atoms with Gasteiger partial charge in [0.1, 0.15) is 11.8 Å². The lowest BCUT2D eigenvalue weighted by atomic mass is 9.88. The third-order valence-electron chi connectivity index (χ3n) is 5.16. The number of sulfonamides is 1. The lowest BCUT2D eigenvalue weighted by Crippen LogP contribution is -2.51. The van der Waals surface area contributed by atoms with Gasteiger partial charge in [0.05, 0.1) is 12.9 Å². The Labute approximate surface area is 177 Å². The van der Waals surface area contributed by atoms with Crippen molar-refractivity contribution >= 4 is 33.5 Å². The minimum Gasteiger partial charge on any atom is -0.497 e. The summed E-state index contributed by atoms with van der Waals surface area (Å²) in [4.78, 5) is 27.3. The summed E-state index contributed by atoms with van der Waals surface area (Å²) in [6.45, 7) is 2.46. The van der Waals surface area contributed by atoms with E-state index in [9.17, 15) is 18.0 Å². The first-order valence-corrected chi connectivity index (χ1v) is 12.8. The van der Waals surface area contributed by atoms with Crippen molar-refractivity contribution in [3.8, 4) is 5.75 Å². The van der Waals surface area contributed by atoms with Gasteiger partial charge in [0.15, 0.2) is 5.78 Å².